The molecule has 0 saturated heterocycles. The molecule has 0 aliphatic rings. The number of nitrogen functional groups attached to an aromatic ring is 1. The van der Waals surface area contributed by atoms with E-state index in [1.54, 1.807) is 6.07 Å². The molecule has 0 radical (unpaired) electrons. The van der Waals surface area contributed by atoms with Gasteiger partial charge in [0.2, 0.25) is 0 Å². The summed E-state index contributed by atoms with van der Waals surface area (Å²) < 4.78 is 18.9. The van der Waals surface area contributed by atoms with E-state index in [0.717, 1.165) is 0 Å². The standard InChI is InChI=1S/C13H21FN2O2/c1-8(2)18-13-5-12(11(15)4-10(13)14)16-6-9(3)7-17/h4-5,8-9,16-17H,6-7,15H2,1-3H3. The first-order valence-electron chi connectivity index (χ1n) is 6.04. The van der Waals surface area contributed by atoms with E-state index in [4.69, 9.17) is 15.6 Å². The number of ether oxygens (including phenoxy) is 1. The Morgan fingerprint density at radius 3 is 2.61 bits per heavy atom. The van der Waals surface area contributed by atoms with Crippen molar-refractivity contribution in [1.82, 2.24) is 0 Å². The fraction of sp³-hybridized carbons (Fsp3) is 0.538. The van der Waals surface area contributed by atoms with Gasteiger partial charge < -0.3 is 20.9 Å². The third kappa shape index (κ3) is 4.07. The molecule has 0 heterocycles. The van der Waals surface area contributed by atoms with Crippen molar-refractivity contribution in [3.05, 3.63) is 17.9 Å². The maximum atomic E-state index is 13.6. The van der Waals surface area contributed by atoms with Gasteiger partial charge in [-0.3, -0.25) is 0 Å². The average Bonchev–Trinajstić information content (AvgIpc) is 2.30. The van der Waals surface area contributed by atoms with Gasteiger partial charge >= 0.3 is 0 Å². The number of anilines is 2. The van der Waals surface area contributed by atoms with E-state index in [1.807, 2.05) is 20.8 Å². The minimum atomic E-state index is -0.470. The van der Waals surface area contributed by atoms with Crippen molar-refractivity contribution in [1.29, 1.82) is 0 Å². The Hall–Kier alpha value is -1.49. The van der Waals surface area contributed by atoms with Crippen LogP contribution in [0.3, 0.4) is 0 Å². The van der Waals surface area contributed by atoms with Crippen LogP contribution < -0.4 is 15.8 Å². The lowest BCUT2D eigenvalue weighted by Crippen LogP contribution is -2.16. The summed E-state index contributed by atoms with van der Waals surface area (Å²) in [6.45, 7) is 6.21. The van der Waals surface area contributed by atoms with Gasteiger partial charge in [-0.05, 0) is 19.8 Å². The highest BCUT2D eigenvalue weighted by atomic mass is 19.1. The van der Waals surface area contributed by atoms with Gasteiger partial charge in [0.1, 0.15) is 0 Å². The van der Waals surface area contributed by atoms with Crippen LogP contribution in [0.1, 0.15) is 20.8 Å². The van der Waals surface area contributed by atoms with Crippen molar-refractivity contribution in [2.75, 3.05) is 24.2 Å². The third-order valence-corrected chi connectivity index (χ3v) is 2.42. The highest BCUT2D eigenvalue weighted by Crippen LogP contribution is 2.29. The smallest absolute Gasteiger partial charge is 0.167 e. The lowest BCUT2D eigenvalue weighted by atomic mass is 10.2. The van der Waals surface area contributed by atoms with Crippen LogP contribution in [0.15, 0.2) is 12.1 Å². The van der Waals surface area contributed by atoms with Crippen LogP contribution in [0, 0.1) is 11.7 Å². The summed E-state index contributed by atoms with van der Waals surface area (Å²) in [5.41, 5.74) is 6.67. The summed E-state index contributed by atoms with van der Waals surface area (Å²) >= 11 is 0. The Balaban J connectivity index is 2.84. The lowest BCUT2D eigenvalue weighted by Gasteiger charge is -2.16. The summed E-state index contributed by atoms with van der Waals surface area (Å²) in [6.07, 6.45) is -0.104. The Labute approximate surface area is 107 Å². The van der Waals surface area contributed by atoms with Crippen molar-refractivity contribution in [3.63, 3.8) is 0 Å². The predicted molar refractivity (Wildman–Crippen MR) is 71.3 cm³/mol. The number of aliphatic hydroxyl groups is 1. The quantitative estimate of drug-likeness (QED) is 0.683. The average molecular weight is 256 g/mol. The van der Waals surface area contributed by atoms with Gasteiger partial charge in [-0.2, -0.15) is 0 Å². The van der Waals surface area contributed by atoms with Crippen LogP contribution >= 0.6 is 0 Å². The van der Waals surface area contributed by atoms with E-state index in [0.29, 0.717) is 17.9 Å². The molecule has 1 rings (SSSR count). The first-order chi connectivity index (χ1) is 8.43. The van der Waals surface area contributed by atoms with Crippen LogP contribution in [0.5, 0.6) is 5.75 Å². The summed E-state index contributed by atoms with van der Waals surface area (Å²) in [5, 5.41) is 12.0. The van der Waals surface area contributed by atoms with E-state index in [1.165, 1.54) is 6.07 Å². The molecule has 0 aromatic heterocycles. The maximum Gasteiger partial charge on any atom is 0.167 e. The van der Waals surface area contributed by atoms with E-state index in [2.05, 4.69) is 5.32 Å². The Morgan fingerprint density at radius 1 is 1.39 bits per heavy atom. The molecule has 0 saturated carbocycles. The highest BCUT2D eigenvalue weighted by molar-refractivity contribution is 5.68. The van der Waals surface area contributed by atoms with Crippen LogP contribution in [0.4, 0.5) is 15.8 Å². The largest absolute Gasteiger partial charge is 0.488 e. The van der Waals surface area contributed by atoms with E-state index < -0.39 is 5.82 Å². The second-order valence-electron chi connectivity index (χ2n) is 4.71. The normalized spacial score (nSPS) is 12.6. The molecule has 0 amide bonds. The maximum absolute atomic E-state index is 13.6. The molecule has 0 bridgehead atoms. The summed E-state index contributed by atoms with van der Waals surface area (Å²) in [6, 6.07) is 2.79. The Morgan fingerprint density at radius 2 is 2.06 bits per heavy atom. The van der Waals surface area contributed by atoms with Gasteiger partial charge in [-0.25, -0.2) is 4.39 Å². The lowest BCUT2D eigenvalue weighted by molar-refractivity contribution is 0.231. The molecule has 1 unspecified atom stereocenters. The van der Waals surface area contributed by atoms with Crippen LogP contribution in [-0.2, 0) is 0 Å². The number of nitrogens with two attached hydrogens (primary N) is 1. The van der Waals surface area contributed by atoms with E-state index in [9.17, 15) is 4.39 Å². The zero-order valence-corrected chi connectivity index (χ0v) is 11.0. The molecule has 1 aromatic carbocycles. The van der Waals surface area contributed by atoms with Crippen molar-refractivity contribution in [3.8, 4) is 5.75 Å². The SMILES string of the molecule is CC(CO)CNc1cc(OC(C)C)c(F)cc1N. The molecular formula is C13H21FN2O2. The minimum absolute atomic E-state index is 0.0868. The van der Waals surface area contributed by atoms with Crippen molar-refractivity contribution >= 4 is 11.4 Å². The fourth-order valence-electron chi connectivity index (χ4n) is 1.41. The molecular weight excluding hydrogens is 235 g/mol. The minimum Gasteiger partial charge on any atom is -0.488 e. The van der Waals surface area contributed by atoms with Gasteiger partial charge in [-0.15, -0.1) is 0 Å². The molecule has 0 aliphatic heterocycles. The number of halogens is 1. The number of hydrogen-bond donors (Lipinski definition) is 3. The van der Waals surface area contributed by atoms with Crippen molar-refractivity contribution < 1.29 is 14.2 Å². The zero-order valence-electron chi connectivity index (χ0n) is 11.0. The molecule has 1 aromatic rings. The molecule has 18 heavy (non-hydrogen) atoms. The number of rotatable bonds is 6. The van der Waals surface area contributed by atoms with Crippen molar-refractivity contribution in [2.24, 2.45) is 5.92 Å². The van der Waals surface area contributed by atoms with Crippen LogP contribution in [0.2, 0.25) is 0 Å². The summed E-state index contributed by atoms with van der Waals surface area (Å²) in [7, 11) is 0. The highest BCUT2D eigenvalue weighted by Gasteiger charge is 2.11. The first-order valence-corrected chi connectivity index (χ1v) is 6.04. The molecule has 0 fully saturated rings. The topological polar surface area (TPSA) is 67.5 Å². The van der Waals surface area contributed by atoms with Crippen LogP contribution in [0.25, 0.3) is 0 Å². The summed E-state index contributed by atoms with van der Waals surface area (Å²) in [4.78, 5) is 0. The number of nitrogens with one attached hydrogen (secondary N) is 1. The fourth-order valence-corrected chi connectivity index (χ4v) is 1.41. The van der Waals surface area contributed by atoms with E-state index >= 15 is 0 Å². The predicted octanol–water partition coefficient (Wildman–Crippen LogP) is 2.24. The first kappa shape index (κ1) is 14.6. The van der Waals surface area contributed by atoms with E-state index in [-0.39, 0.29) is 24.4 Å². The molecule has 102 valence electrons. The van der Waals surface area contributed by atoms with Gasteiger partial charge in [-0.1, -0.05) is 6.92 Å². The molecule has 4 nitrogen and oxygen atoms in total. The van der Waals surface area contributed by atoms with Crippen molar-refractivity contribution in [2.45, 2.75) is 26.9 Å². The molecule has 5 heteroatoms. The number of benzene rings is 1. The molecule has 0 spiro atoms. The number of aliphatic hydroxyl groups excluding tert-OH is 1. The van der Waals surface area contributed by atoms with Gasteiger partial charge in [0, 0.05) is 25.3 Å². The third-order valence-electron chi connectivity index (χ3n) is 2.42. The Kier molecular flexibility index (Phi) is 5.22. The number of hydrogen-bond acceptors (Lipinski definition) is 4. The molecule has 0 aliphatic carbocycles. The zero-order chi connectivity index (χ0) is 13.7. The monoisotopic (exact) mass is 256 g/mol. The van der Waals surface area contributed by atoms with Gasteiger partial charge in [0.05, 0.1) is 17.5 Å². The molecule has 4 N–H and O–H groups in total. The molecule has 1 atom stereocenters. The second kappa shape index (κ2) is 6.44. The van der Waals surface area contributed by atoms with Gasteiger partial charge in [0.25, 0.3) is 0 Å². The summed E-state index contributed by atoms with van der Waals surface area (Å²) in [5.74, 6) is -0.191. The van der Waals surface area contributed by atoms with Gasteiger partial charge in [0.15, 0.2) is 11.6 Å². The Bertz CT molecular complexity index is 397. The van der Waals surface area contributed by atoms with Crippen LogP contribution in [-0.4, -0.2) is 24.4 Å². The second-order valence-corrected chi connectivity index (χ2v) is 4.71.